The van der Waals surface area contributed by atoms with Crippen molar-refractivity contribution in [2.24, 2.45) is 5.92 Å². The van der Waals surface area contributed by atoms with Gasteiger partial charge in [-0.15, -0.1) is 0 Å². The van der Waals surface area contributed by atoms with Gasteiger partial charge >= 0.3 is 11.8 Å². The van der Waals surface area contributed by atoms with Gasteiger partial charge in [-0.05, 0) is 66.4 Å². The molecule has 0 saturated heterocycles. The number of nitrogens with one attached hydrogen (secondary N) is 1. The molecule has 0 radical (unpaired) electrons. The molecule has 0 bridgehead atoms. The molecular formula is C28H24BrN5O4. The Hall–Kier alpha value is -4.44. The molecule has 2 N–H and O–H groups in total. The van der Waals surface area contributed by atoms with E-state index in [1.54, 1.807) is 47.4 Å². The Bertz CT molecular complexity index is 1690. The smallest absolute Gasteiger partial charge is 0.409 e. The minimum Gasteiger partial charge on any atom is -0.465 e. The van der Waals surface area contributed by atoms with E-state index < -0.39 is 17.3 Å². The fourth-order valence-electron chi connectivity index (χ4n) is 4.63. The maximum atomic E-state index is 13.9. The van der Waals surface area contributed by atoms with E-state index >= 15 is 0 Å². The van der Waals surface area contributed by atoms with E-state index in [9.17, 15) is 14.4 Å². The lowest BCUT2D eigenvalue weighted by molar-refractivity contribution is 0.209. The summed E-state index contributed by atoms with van der Waals surface area (Å²) in [5.74, 6) is 0.0135. The van der Waals surface area contributed by atoms with Crippen molar-refractivity contribution in [1.29, 1.82) is 0 Å². The molecule has 5 rings (SSSR count). The third-order valence-electron chi connectivity index (χ3n) is 6.33. The van der Waals surface area contributed by atoms with Crippen LogP contribution in [0.4, 0.5) is 10.5 Å². The lowest BCUT2D eigenvalue weighted by atomic mass is 9.98. The van der Waals surface area contributed by atoms with Crippen molar-refractivity contribution in [1.82, 2.24) is 18.7 Å². The van der Waals surface area contributed by atoms with Crippen molar-refractivity contribution >= 4 is 38.6 Å². The summed E-state index contributed by atoms with van der Waals surface area (Å²) in [5, 5.41) is 11.6. The molecule has 192 valence electrons. The highest BCUT2D eigenvalue weighted by atomic mass is 79.9. The summed E-state index contributed by atoms with van der Waals surface area (Å²) < 4.78 is 5.77. The topological polar surface area (TPSA) is 111 Å². The first-order chi connectivity index (χ1) is 18.4. The quantitative estimate of drug-likeness (QED) is 0.278. The van der Waals surface area contributed by atoms with E-state index in [0.717, 1.165) is 14.6 Å². The first-order valence-electron chi connectivity index (χ1n) is 11.9. The number of benzene rings is 3. The van der Waals surface area contributed by atoms with Crippen LogP contribution in [-0.4, -0.2) is 29.9 Å². The maximum Gasteiger partial charge on any atom is 0.409 e. The third-order valence-corrected chi connectivity index (χ3v) is 6.86. The van der Waals surface area contributed by atoms with Gasteiger partial charge in [0, 0.05) is 35.6 Å². The first-order valence-corrected chi connectivity index (χ1v) is 12.7. The van der Waals surface area contributed by atoms with Crippen LogP contribution in [0.3, 0.4) is 0 Å². The number of carbonyl (C=O) groups is 1. The van der Waals surface area contributed by atoms with Crippen molar-refractivity contribution in [3.8, 4) is 5.69 Å². The Kier molecular flexibility index (Phi) is 7.23. The highest BCUT2D eigenvalue weighted by molar-refractivity contribution is 9.10. The largest absolute Gasteiger partial charge is 0.465 e. The van der Waals surface area contributed by atoms with Crippen molar-refractivity contribution in [2.75, 3.05) is 5.32 Å². The average Bonchev–Trinajstić information content (AvgIpc) is 3.42. The number of carboxylic acid groups (broad SMARTS) is 1. The summed E-state index contributed by atoms with van der Waals surface area (Å²) in [5.41, 5.74) is 1.50. The second-order valence-electron chi connectivity index (χ2n) is 8.98. The second kappa shape index (κ2) is 10.9. The zero-order valence-corrected chi connectivity index (χ0v) is 21.8. The summed E-state index contributed by atoms with van der Waals surface area (Å²) in [6.45, 7) is 0.998. The number of anilines is 1. The molecule has 2 heterocycles. The number of imidazole rings is 1. The van der Waals surface area contributed by atoms with Crippen LogP contribution >= 0.6 is 15.9 Å². The number of hydrogen-bond acceptors (Lipinski definition) is 4. The van der Waals surface area contributed by atoms with E-state index in [4.69, 9.17) is 5.11 Å². The van der Waals surface area contributed by atoms with Crippen LogP contribution in [-0.2, 0) is 19.5 Å². The van der Waals surface area contributed by atoms with Crippen molar-refractivity contribution in [2.45, 2.75) is 19.5 Å². The Labute approximate surface area is 225 Å². The summed E-state index contributed by atoms with van der Waals surface area (Å²) in [4.78, 5) is 42.5. The molecule has 9 nitrogen and oxygen atoms in total. The van der Waals surface area contributed by atoms with Gasteiger partial charge in [-0.25, -0.2) is 19.1 Å². The van der Waals surface area contributed by atoms with Crippen LogP contribution in [0.25, 0.3) is 16.6 Å². The zero-order valence-electron chi connectivity index (χ0n) is 20.2. The van der Waals surface area contributed by atoms with Gasteiger partial charge in [0.2, 0.25) is 0 Å². The molecule has 0 spiro atoms. The third kappa shape index (κ3) is 5.45. The van der Waals surface area contributed by atoms with Gasteiger partial charge in [0.15, 0.2) is 0 Å². The first kappa shape index (κ1) is 25.2. The summed E-state index contributed by atoms with van der Waals surface area (Å²) in [6.07, 6.45) is 4.88. The van der Waals surface area contributed by atoms with E-state index in [1.807, 2.05) is 29.0 Å². The fraction of sp³-hybridized carbons (Fsp3) is 0.143. The normalized spacial score (nSPS) is 11.9. The molecule has 1 atom stereocenters. The molecule has 1 unspecified atom stereocenters. The molecule has 0 saturated carbocycles. The molecule has 1 amide bonds. The van der Waals surface area contributed by atoms with Crippen LogP contribution in [0, 0.1) is 5.92 Å². The van der Waals surface area contributed by atoms with E-state index in [2.05, 4.69) is 38.4 Å². The minimum atomic E-state index is -1.20. The molecule has 0 aliphatic heterocycles. The Balaban J connectivity index is 1.60. The Morgan fingerprint density at radius 3 is 2.39 bits per heavy atom. The van der Waals surface area contributed by atoms with Gasteiger partial charge in [0.1, 0.15) is 0 Å². The number of rotatable bonds is 8. The molecule has 2 aromatic heterocycles. The lowest BCUT2D eigenvalue weighted by Gasteiger charge is -2.21. The van der Waals surface area contributed by atoms with Gasteiger partial charge in [-0.1, -0.05) is 40.2 Å². The molecule has 0 aliphatic carbocycles. The number of para-hydroxylation sites is 1. The summed E-state index contributed by atoms with van der Waals surface area (Å²) >= 11 is 3.48. The molecule has 0 fully saturated rings. The number of amides is 1. The number of nitrogens with zero attached hydrogens (tertiary/aromatic N) is 4. The monoisotopic (exact) mass is 573 g/mol. The van der Waals surface area contributed by atoms with Crippen LogP contribution in [0.2, 0.25) is 0 Å². The van der Waals surface area contributed by atoms with Crippen molar-refractivity contribution < 1.29 is 9.90 Å². The van der Waals surface area contributed by atoms with Gasteiger partial charge in [0.05, 0.1) is 22.9 Å². The van der Waals surface area contributed by atoms with Crippen LogP contribution < -0.4 is 16.6 Å². The molecule has 5 aromatic rings. The highest BCUT2D eigenvalue weighted by Crippen LogP contribution is 2.19. The predicted octanol–water partition coefficient (Wildman–Crippen LogP) is 4.76. The lowest BCUT2D eigenvalue weighted by Crippen LogP contribution is -2.40. The standard InChI is InChI=1S/C28H24BrN5O4/c29-21-7-5-19(6-8-21)15-20(16-32-14-13-30-18-32)17-33-25-4-2-1-3-24(25)26(35)34(28(33)38)23-11-9-22(10-12-23)31-27(36)37/h1-14,18,20,31H,15-17H2,(H,36,37). The van der Waals surface area contributed by atoms with E-state index in [-0.39, 0.29) is 5.92 Å². The average molecular weight is 574 g/mol. The van der Waals surface area contributed by atoms with Gasteiger partial charge in [0.25, 0.3) is 5.56 Å². The predicted molar refractivity (Wildman–Crippen MR) is 149 cm³/mol. The van der Waals surface area contributed by atoms with Gasteiger partial charge in [-0.3, -0.25) is 14.7 Å². The Morgan fingerprint density at radius 1 is 0.974 bits per heavy atom. The molecule has 38 heavy (non-hydrogen) atoms. The minimum absolute atomic E-state index is 0.0135. The molecule has 10 heteroatoms. The number of fused-ring (bicyclic) bond motifs is 1. The SMILES string of the molecule is O=C(O)Nc1ccc(-n2c(=O)c3ccccc3n(CC(Cc3ccc(Br)cc3)Cn3ccnc3)c2=O)cc1. The number of halogens is 1. The van der Waals surface area contributed by atoms with Crippen LogP contribution in [0.1, 0.15) is 5.56 Å². The van der Waals surface area contributed by atoms with Crippen LogP contribution in [0.15, 0.2) is 106 Å². The van der Waals surface area contributed by atoms with Crippen molar-refractivity contribution in [3.63, 3.8) is 0 Å². The summed E-state index contributed by atoms with van der Waals surface area (Å²) in [7, 11) is 0. The second-order valence-corrected chi connectivity index (χ2v) is 9.90. The number of aromatic nitrogens is 4. The van der Waals surface area contributed by atoms with Gasteiger partial charge < -0.3 is 9.67 Å². The molecule has 0 aliphatic rings. The molecular weight excluding hydrogens is 550 g/mol. The fourth-order valence-corrected chi connectivity index (χ4v) is 4.90. The van der Waals surface area contributed by atoms with E-state index in [1.165, 1.54) is 12.1 Å². The highest BCUT2D eigenvalue weighted by Gasteiger charge is 2.19. The Morgan fingerprint density at radius 2 is 1.71 bits per heavy atom. The van der Waals surface area contributed by atoms with E-state index in [0.29, 0.717) is 41.8 Å². The maximum absolute atomic E-state index is 13.9. The number of hydrogen-bond donors (Lipinski definition) is 2. The summed E-state index contributed by atoms with van der Waals surface area (Å²) in [6, 6.07) is 21.3. The zero-order chi connectivity index (χ0) is 26.6. The van der Waals surface area contributed by atoms with Crippen LogP contribution in [0.5, 0.6) is 0 Å². The van der Waals surface area contributed by atoms with Gasteiger partial charge in [-0.2, -0.15) is 0 Å². The molecule has 3 aromatic carbocycles. The van der Waals surface area contributed by atoms with Crippen molar-refractivity contribution in [3.05, 3.63) is 122 Å².